The Kier molecular flexibility index (Phi) is 2.92. The van der Waals surface area contributed by atoms with Crippen LogP contribution >= 0.6 is 0 Å². The van der Waals surface area contributed by atoms with E-state index in [-0.39, 0.29) is 0 Å². The number of nitriles is 1. The van der Waals surface area contributed by atoms with Gasteiger partial charge in [-0.15, -0.1) is 0 Å². The second-order valence-corrected chi connectivity index (χ2v) is 2.89. The third kappa shape index (κ3) is 2.23. The summed E-state index contributed by atoms with van der Waals surface area (Å²) in [5, 5.41) is 8.65. The molecule has 58 valence electrons. The summed E-state index contributed by atoms with van der Waals surface area (Å²) in [6.45, 7) is 1.92. The van der Waals surface area contributed by atoms with Crippen molar-refractivity contribution < 1.29 is 0 Å². The van der Waals surface area contributed by atoms with Crippen molar-refractivity contribution in [1.29, 1.82) is 5.26 Å². The topological polar surface area (TPSA) is 23.8 Å². The Hall–Kier alpha value is -1.03. The second-order valence-electron chi connectivity index (χ2n) is 2.89. The average Bonchev–Trinajstić information content (AvgIpc) is 2.30. The van der Waals surface area contributed by atoms with Gasteiger partial charge in [-0.25, -0.2) is 0 Å². The van der Waals surface area contributed by atoms with E-state index in [1.165, 1.54) is 5.57 Å². The largest absolute Gasteiger partial charge is 0.193 e. The molecular formula is C10H13N. The number of hydrogen-bond donors (Lipinski definition) is 0. The molecule has 0 aromatic carbocycles. The van der Waals surface area contributed by atoms with Gasteiger partial charge in [-0.05, 0) is 32.6 Å². The van der Waals surface area contributed by atoms with Gasteiger partial charge in [0.1, 0.15) is 0 Å². The van der Waals surface area contributed by atoms with Crippen LogP contribution in [0, 0.1) is 11.3 Å². The fourth-order valence-electron chi connectivity index (χ4n) is 1.33. The second kappa shape index (κ2) is 3.98. The van der Waals surface area contributed by atoms with Gasteiger partial charge in [0.15, 0.2) is 0 Å². The summed E-state index contributed by atoms with van der Waals surface area (Å²) < 4.78 is 0. The van der Waals surface area contributed by atoms with E-state index in [0.717, 1.165) is 31.3 Å². The normalized spacial score (nSPS) is 17.3. The Morgan fingerprint density at radius 2 is 1.91 bits per heavy atom. The van der Waals surface area contributed by atoms with Gasteiger partial charge in [0, 0.05) is 5.57 Å². The molecule has 0 unspecified atom stereocenters. The van der Waals surface area contributed by atoms with Crippen molar-refractivity contribution >= 4 is 0 Å². The average molecular weight is 147 g/mol. The number of nitrogens with zero attached hydrogens (tertiary/aromatic N) is 1. The molecule has 1 heteroatoms. The predicted octanol–water partition coefficient (Wildman–Crippen LogP) is 2.96. The van der Waals surface area contributed by atoms with E-state index in [2.05, 4.69) is 18.2 Å². The molecule has 0 saturated heterocycles. The van der Waals surface area contributed by atoms with Gasteiger partial charge >= 0.3 is 0 Å². The minimum Gasteiger partial charge on any atom is -0.193 e. The lowest BCUT2D eigenvalue weighted by Gasteiger charge is -2.01. The zero-order valence-corrected chi connectivity index (χ0v) is 6.93. The molecule has 1 aliphatic carbocycles. The lowest BCUT2D eigenvalue weighted by atomic mass is 10.0. The van der Waals surface area contributed by atoms with E-state index in [4.69, 9.17) is 5.26 Å². The fourth-order valence-corrected chi connectivity index (χ4v) is 1.33. The minimum absolute atomic E-state index is 0.925. The first-order valence-corrected chi connectivity index (χ1v) is 4.08. The molecule has 11 heavy (non-hydrogen) atoms. The number of hydrogen-bond acceptors (Lipinski definition) is 1. The monoisotopic (exact) mass is 147 g/mol. The van der Waals surface area contributed by atoms with E-state index >= 15 is 0 Å². The number of rotatable bonds is 0. The van der Waals surface area contributed by atoms with Crippen LogP contribution in [-0.2, 0) is 0 Å². The van der Waals surface area contributed by atoms with Crippen LogP contribution in [-0.4, -0.2) is 0 Å². The van der Waals surface area contributed by atoms with E-state index < -0.39 is 0 Å². The highest BCUT2D eigenvalue weighted by Crippen LogP contribution is 2.20. The standard InChI is InChI=1S/C10H13N/c1-9(8-11)10-6-4-2-3-5-7-10/h2-3H,4-7H2,1H3. The summed E-state index contributed by atoms with van der Waals surface area (Å²) in [5.41, 5.74) is 2.27. The van der Waals surface area contributed by atoms with Crippen molar-refractivity contribution in [3.8, 4) is 6.07 Å². The fraction of sp³-hybridized carbons (Fsp3) is 0.500. The molecule has 0 fully saturated rings. The molecular weight excluding hydrogens is 134 g/mol. The highest BCUT2D eigenvalue weighted by atomic mass is 14.2. The first-order valence-electron chi connectivity index (χ1n) is 4.08. The van der Waals surface area contributed by atoms with Crippen LogP contribution in [0.4, 0.5) is 0 Å². The van der Waals surface area contributed by atoms with Crippen LogP contribution in [0.3, 0.4) is 0 Å². The highest BCUT2D eigenvalue weighted by molar-refractivity contribution is 5.26. The summed E-state index contributed by atoms with van der Waals surface area (Å²) in [5.74, 6) is 0. The highest BCUT2D eigenvalue weighted by Gasteiger charge is 2.02. The molecule has 0 aromatic rings. The van der Waals surface area contributed by atoms with Crippen molar-refractivity contribution in [2.24, 2.45) is 0 Å². The molecule has 1 nitrogen and oxygen atoms in total. The van der Waals surface area contributed by atoms with Crippen LogP contribution in [0.15, 0.2) is 23.3 Å². The van der Waals surface area contributed by atoms with Gasteiger partial charge in [-0.2, -0.15) is 5.26 Å². The molecule has 0 radical (unpaired) electrons. The molecule has 1 rings (SSSR count). The van der Waals surface area contributed by atoms with Gasteiger partial charge in [0.25, 0.3) is 0 Å². The van der Waals surface area contributed by atoms with E-state index in [1.54, 1.807) is 0 Å². The molecule has 0 amide bonds. The summed E-state index contributed by atoms with van der Waals surface area (Å²) >= 11 is 0. The van der Waals surface area contributed by atoms with E-state index in [9.17, 15) is 0 Å². The maximum atomic E-state index is 8.65. The molecule has 0 atom stereocenters. The lowest BCUT2D eigenvalue weighted by Crippen LogP contribution is -1.85. The molecule has 1 aliphatic rings. The maximum Gasteiger partial charge on any atom is 0.0943 e. The van der Waals surface area contributed by atoms with Crippen LogP contribution in [0.2, 0.25) is 0 Å². The van der Waals surface area contributed by atoms with Crippen LogP contribution < -0.4 is 0 Å². The summed E-state index contributed by atoms with van der Waals surface area (Å²) in [6.07, 6.45) is 8.78. The summed E-state index contributed by atoms with van der Waals surface area (Å²) in [6, 6.07) is 2.21. The van der Waals surface area contributed by atoms with Gasteiger partial charge in [-0.1, -0.05) is 17.7 Å². The van der Waals surface area contributed by atoms with E-state index in [1.807, 2.05) is 6.92 Å². The molecule has 0 aromatic heterocycles. The number of allylic oxidation sites excluding steroid dienone is 4. The van der Waals surface area contributed by atoms with Gasteiger partial charge in [-0.3, -0.25) is 0 Å². The summed E-state index contributed by atoms with van der Waals surface area (Å²) in [7, 11) is 0. The Balaban J connectivity index is 2.68. The molecule has 0 saturated carbocycles. The maximum absolute atomic E-state index is 8.65. The lowest BCUT2D eigenvalue weighted by molar-refractivity contribution is 0.885. The molecule has 0 bridgehead atoms. The zero-order valence-electron chi connectivity index (χ0n) is 6.93. The van der Waals surface area contributed by atoms with Gasteiger partial charge in [0.2, 0.25) is 0 Å². The Labute approximate surface area is 68.0 Å². The van der Waals surface area contributed by atoms with Crippen LogP contribution in [0.1, 0.15) is 32.6 Å². The predicted molar refractivity (Wildman–Crippen MR) is 45.9 cm³/mol. The summed E-state index contributed by atoms with van der Waals surface area (Å²) in [4.78, 5) is 0. The first-order chi connectivity index (χ1) is 5.34. The van der Waals surface area contributed by atoms with Crippen molar-refractivity contribution in [2.45, 2.75) is 32.6 Å². The Morgan fingerprint density at radius 3 is 2.36 bits per heavy atom. The SMILES string of the molecule is CC(C#N)=C1CCC=CCC1. The first kappa shape index (κ1) is 8.07. The van der Waals surface area contributed by atoms with Crippen molar-refractivity contribution in [2.75, 3.05) is 0 Å². The molecule has 0 aliphatic heterocycles. The van der Waals surface area contributed by atoms with Crippen molar-refractivity contribution in [3.05, 3.63) is 23.3 Å². The zero-order chi connectivity index (χ0) is 8.10. The van der Waals surface area contributed by atoms with Crippen LogP contribution in [0.25, 0.3) is 0 Å². The van der Waals surface area contributed by atoms with Gasteiger partial charge in [0.05, 0.1) is 6.07 Å². The third-order valence-electron chi connectivity index (χ3n) is 2.09. The molecule has 0 spiro atoms. The van der Waals surface area contributed by atoms with Crippen LogP contribution in [0.5, 0.6) is 0 Å². The van der Waals surface area contributed by atoms with Crippen molar-refractivity contribution in [3.63, 3.8) is 0 Å². The third-order valence-corrected chi connectivity index (χ3v) is 2.09. The smallest absolute Gasteiger partial charge is 0.0943 e. The minimum atomic E-state index is 0.925. The van der Waals surface area contributed by atoms with E-state index in [0.29, 0.717) is 0 Å². The van der Waals surface area contributed by atoms with Gasteiger partial charge < -0.3 is 0 Å². The van der Waals surface area contributed by atoms with Crippen molar-refractivity contribution in [1.82, 2.24) is 0 Å². The molecule has 0 N–H and O–H groups in total. The Bertz CT molecular complexity index is 216. The Morgan fingerprint density at radius 1 is 1.36 bits per heavy atom. The molecule has 0 heterocycles. The quantitative estimate of drug-likeness (QED) is 0.381.